The van der Waals surface area contributed by atoms with Crippen LogP contribution in [0, 0.1) is 5.92 Å². The van der Waals surface area contributed by atoms with Gasteiger partial charge in [0.1, 0.15) is 0 Å². The zero-order valence-corrected chi connectivity index (χ0v) is 11.9. The minimum Gasteiger partial charge on any atom is -0.316 e. The highest BCUT2D eigenvalue weighted by molar-refractivity contribution is 9.10. The van der Waals surface area contributed by atoms with Gasteiger partial charge in [-0.05, 0) is 56.0 Å². The molecule has 0 amide bonds. The van der Waals surface area contributed by atoms with Crippen LogP contribution in [0.3, 0.4) is 0 Å². The molecule has 0 spiro atoms. The first kappa shape index (κ1) is 13.7. The summed E-state index contributed by atoms with van der Waals surface area (Å²) < 4.78 is 1.16. The van der Waals surface area contributed by atoms with E-state index in [9.17, 15) is 0 Å². The monoisotopic (exact) mass is 283 g/mol. The lowest BCUT2D eigenvalue weighted by atomic mass is 10.0. The van der Waals surface area contributed by atoms with Gasteiger partial charge in [0.25, 0.3) is 0 Å². The quantitative estimate of drug-likeness (QED) is 0.746. The van der Waals surface area contributed by atoms with Crippen LogP contribution in [0.5, 0.6) is 0 Å². The Morgan fingerprint density at radius 1 is 1.25 bits per heavy atom. The summed E-state index contributed by atoms with van der Waals surface area (Å²) in [5.74, 6) is 0.759. The Morgan fingerprint density at radius 3 is 2.56 bits per heavy atom. The van der Waals surface area contributed by atoms with Gasteiger partial charge in [-0.15, -0.1) is 0 Å². The number of halogens is 1. The van der Waals surface area contributed by atoms with E-state index in [0.717, 1.165) is 23.5 Å². The van der Waals surface area contributed by atoms with Gasteiger partial charge < -0.3 is 5.32 Å². The maximum atomic E-state index is 3.47. The smallest absolute Gasteiger partial charge is 0.0175 e. The van der Waals surface area contributed by atoms with Crippen molar-refractivity contribution in [2.75, 3.05) is 13.1 Å². The summed E-state index contributed by atoms with van der Waals surface area (Å²) >= 11 is 3.46. The molecule has 16 heavy (non-hydrogen) atoms. The minimum absolute atomic E-state index is 0.759. The molecule has 2 heteroatoms. The van der Waals surface area contributed by atoms with Crippen molar-refractivity contribution in [1.82, 2.24) is 5.32 Å². The molecule has 1 unspecified atom stereocenters. The standard InChI is InChI=1S/C14H22BrN/c1-3-10-16-11-12(2)4-5-13-6-8-14(15)9-7-13/h6-9,12,16H,3-5,10-11H2,1-2H3. The van der Waals surface area contributed by atoms with Crippen LogP contribution in [0.1, 0.15) is 32.3 Å². The highest BCUT2D eigenvalue weighted by Gasteiger charge is 2.02. The highest BCUT2D eigenvalue weighted by Crippen LogP contribution is 2.13. The second-order valence-corrected chi connectivity index (χ2v) is 5.39. The Kier molecular flexibility index (Phi) is 6.74. The van der Waals surface area contributed by atoms with Gasteiger partial charge in [-0.25, -0.2) is 0 Å². The second-order valence-electron chi connectivity index (χ2n) is 4.47. The van der Waals surface area contributed by atoms with Crippen molar-refractivity contribution in [2.45, 2.75) is 33.1 Å². The van der Waals surface area contributed by atoms with Gasteiger partial charge >= 0.3 is 0 Å². The molecule has 1 nitrogen and oxygen atoms in total. The first-order valence-electron chi connectivity index (χ1n) is 6.17. The molecule has 0 heterocycles. The molecule has 1 aromatic carbocycles. The minimum atomic E-state index is 0.759. The van der Waals surface area contributed by atoms with E-state index < -0.39 is 0 Å². The van der Waals surface area contributed by atoms with Gasteiger partial charge in [-0.3, -0.25) is 0 Å². The zero-order valence-electron chi connectivity index (χ0n) is 10.3. The van der Waals surface area contributed by atoms with Crippen molar-refractivity contribution < 1.29 is 0 Å². The van der Waals surface area contributed by atoms with Crippen LogP contribution < -0.4 is 5.32 Å². The van der Waals surface area contributed by atoms with E-state index in [1.165, 1.54) is 24.8 Å². The average molecular weight is 284 g/mol. The normalized spacial score (nSPS) is 12.7. The van der Waals surface area contributed by atoms with Crippen LogP contribution in [0.4, 0.5) is 0 Å². The maximum Gasteiger partial charge on any atom is 0.0175 e. The SMILES string of the molecule is CCCNCC(C)CCc1ccc(Br)cc1. The number of aryl methyl sites for hydroxylation is 1. The lowest BCUT2D eigenvalue weighted by Gasteiger charge is -2.12. The lowest BCUT2D eigenvalue weighted by molar-refractivity contribution is 0.481. The fourth-order valence-electron chi connectivity index (χ4n) is 1.69. The predicted octanol–water partition coefficient (Wildman–Crippen LogP) is 4.02. The molecule has 90 valence electrons. The Morgan fingerprint density at radius 2 is 1.94 bits per heavy atom. The molecular formula is C14H22BrN. The molecule has 1 N–H and O–H groups in total. The molecule has 1 rings (SSSR count). The largest absolute Gasteiger partial charge is 0.316 e. The van der Waals surface area contributed by atoms with Crippen molar-refractivity contribution in [2.24, 2.45) is 5.92 Å². The topological polar surface area (TPSA) is 12.0 Å². The number of rotatable bonds is 7. The molecule has 0 aliphatic heterocycles. The maximum absolute atomic E-state index is 3.47. The van der Waals surface area contributed by atoms with Crippen molar-refractivity contribution in [3.8, 4) is 0 Å². The third-order valence-electron chi connectivity index (χ3n) is 2.76. The molecule has 1 aromatic rings. The van der Waals surface area contributed by atoms with Crippen molar-refractivity contribution in [3.05, 3.63) is 34.3 Å². The Bertz CT molecular complexity index is 281. The van der Waals surface area contributed by atoms with E-state index in [2.05, 4.69) is 59.4 Å². The van der Waals surface area contributed by atoms with E-state index in [0.29, 0.717) is 0 Å². The third-order valence-corrected chi connectivity index (χ3v) is 3.29. The van der Waals surface area contributed by atoms with Crippen LogP contribution in [0.15, 0.2) is 28.7 Å². The number of benzene rings is 1. The predicted molar refractivity (Wildman–Crippen MR) is 74.8 cm³/mol. The number of hydrogen-bond acceptors (Lipinski definition) is 1. The summed E-state index contributed by atoms with van der Waals surface area (Å²) in [5, 5.41) is 3.47. The molecule has 0 fully saturated rings. The zero-order chi connectivity index (χ0) is 11.8. The van der Waals surface area contributed by atoms with Crippen molar-refractivity contribution in [3.63, 3.8) is 0 Å². The molecule has 0 radical (unpaired) electrons. The van der Waals surface area contributed by atoms with E-state index in [1.807, 2.05) is 0 Å². The van der Waals surface area contributed by atoms with Crippen LogP contribution in [0.25, 0.3) is 0 Å². The number of nitrogens with one attached hydrogen (secondary N) is 1. The first-order chi connectivity index (χ1) is 7.72. The lowest BCUT2D eigenvalue weighted by Crippen LogP contribution is -2.22. The number of hydrogen-bond donors (Lipinski definition) is 1. The summed E-state index contributed by atoms with van der Waals surface area (Å²) in [7, 11) is 0. The molecule has 0 saturated heterocycles. The molecule has 0 saturated carbocycles. The van der Waals surface area contributed by atoms with Crippen LogP contribution in [0.2, 0.25) is 0 Å². The molecule has 0 aliphatic rings. The Labute approximate surface area is 108 Å². The third kappa shape index (κ3) is 5.66. The van der Waals surface area contributed by atoms with Crippen LogP contribution in [-0.4, -0.2) is 13.1 Å². The van der Waals surface area contributed by atoms with Gasteiger partial charge in [-0.1, -0.05) is 41.9 Å². The average Bonchev–Trinajstić information content (AvgIpc) is 2.29. The van der Waals surface area contributed by atoms with E-state index in [1.54, 1.807) is 0 Å². The van der Waals surface area contributed by atoms with Crippen molar-refractivity contribution >= 4 is 15.9 Å². The summed E-state index contributed by atoms with van der Waals surface area (Å²) in [5.41, 5.74) is 1.44. The Hall–Kier alpha value is -0.340. The summed E-state index contributed by atoms with van der Waals surface area (Å²) in [4.78, 5) is 0. The summed E-state index contributed by atoms with van der Waals surface area (Å²) in [6, 6.07) is 8.65. The van der Waals surface area contributed by atoms with Gasteiger partial charge in [0, 0.05) is 4.47 Å². The van der Waals surface area contributed by atoms with E-state index in [-0.39, 0.29) is 0 Å². The van der Waals surface area contributed by atoms with Gasteiger partial charge in [0.05, 0.1) is 0 Å². The van der Waals surface area contributed by atoms with E-state index in [4.69, 9.17) is 0 Å². The first-order valence-corrected chi connectivity index (χ1v) is 6.96. The highest BCUT2D eigenvalue weighted by atomic mass is 79.9. The van der Waals surface area contributed by atoms with Crippen LogP contribution >= 0.6 is 15.9 Å². The summed E-state index contributed by atoms with van der Waals surface area (Å²) in [6.07, 6.45) is 3.67. The second kappa shape index (κ2) is 7.86. The Balaban J connectivity index is 2.20. The molecule has 1 atom stereocenters. The molecule has 0 aromatic heterocycles. The fourth-order valence-corrected chi connectivity index (χ4v) is 1.96. The van der Waals surface area contributed by atoms with E-state index >= 15 is 0 Å². The molecule has 0 bridgehead atoms. The summed E-state index contributed by atoms with van der Waals surface area (Å²) in [6.45, 7) is 6.81. The fraction of sp³-hybridized carbons (Fsp3) is 0.571. The van der Waals surface area contributed by atoms with Gasteiger partial charge in [0.15, 0.2) is 0 Å². The molecule has 0 aliphatic carbocycles. The van der Waals surface area contributed by atoms with Gasteiger partial charge in [0.2, 0.25) is 0 Å². The van der Waals surface area contributed by atoms with Gasteiger partial charge in [-0.2, -0.15) is 0 Å². The van der Waals surface area contributed by atoms with Crippen molar-refractivity contribution in [1.29, 1.82) is 0 Å². The van der Waals surface area contributed by atoms with Crippen LogP contribution in [-0.2, 0) is 6.42 Å². The molecular weight excluding hydrogens is 262 g/mol.